The van der Waals surface area contributed by atoms with Gasteiger partial charge in [-0.05, 0) is 13.0 Å². The zero-order valence-electron chi connectivity index (χ0n) is 14.2. The predicted molar refractivity (Wildman–Crippen MR) is 102 cm³/mol. The first-order valence-electron chi connectivity index (χ1n) is 8.06. The summed E-state index contributed by atoms with van der Waals surface area (Å²) in [5, 5.41) is 20.5. The van der Waals surface area contributed by atoms with Gasteiger partial charge in [0.25, 0.3) is 11.2 Å². The Balaban J connectivity index is 1.76. The molecule has 0 saturated carbocycles. The van der Waals surface area contributed by atoms with E-state index in [-0.39, 0.29) is 17.5 Å². The molecule has 1 saturated heterocycles. The average molecular weight is 411 g/mol. The molecule has 0 amide bonds. The first kappa shape index (κ1) is 19.7. The number of nitrogens with zero attached hydrogens (tertiary/aromatic N) is 2. The van der Waals surface area contributed by atoms with Crippen molar-refractivity contribution in [2.24, 2.45) is 0 Å². The number of aliphatic hydroxyl groups excluding tert-OH is 1. The Morgan fingerprint density at radius 1 is 1.41 bits per heavy atom. The van der Waals surface area contributed by atoms with Crippen molar-refractivity contribution < 1.29 is 14.8 Å². The number of hydrogen-bond donors (Lipinski definition) is 2. The number of para-hydroxylation sites is 1. The van der Waals surface area contributed by atoms with Gasteiger partial charge in [-0.1, -0.05) is 33.7 Å². The monoisotopic (exact) mass is 411 g/mol. The molecule has 3 atom stereocenters. The number of aromatic amines is 1. The minimum Gasteiger partial charge on any atom is -0.394 e. The van der Waals surface area contributed by atoms with Crippen LogP contribution in [0.2, 0.25) is 0 Å². The van der Waals surface area contributed by atoms with Crippen molar-refractivity contribution >= 4 is 27.3 Å². The van der Waals surface area contributed by atoms with Crippen LogP contribution in [0.25, 0.3) is 0 Å². The maximum absolute atomic E-state index is 12.1. The Morgan fingerprint density at radius 2 is 2.15 bits per heavy atom. The molecular formula is C16H17N3O6S2. The van der Waals surface area contributed by atoms with Crippen molar-refractivity contribution in [2.75, 3.05) is 6.61 Å². The second-order valence-electron chi connectivity index (χ2n) is 5.97. The quantitative estimate of drug-likeness (QED) is 0.419. The lowest BCUT2D eigenvalue weighted by Gasteiger charge is -2.15. The number of H-pyrrole nitrogens is 1. The van der Waals surface area contributed by atoms with E-state index in [4.69, 9.17) is 4.74 Å². The lowest BCUT2D eigenvalue weighted by molar-refractivity contribution is -0.387. The highest BCUT2D eigenvalue weighted by Crippen LogP contribution is 2.45. The molecule has 1 aromatic carbocycles. The summed E-state index contributed by atoms with van der Waals surface area (Å²) in [5.74, 6) is 0. The second-order valence-corrected chi connectivity index (χ2v) is 8.45. The largest absolute Gasteiger partial charge is 0.394 e. The summed E-state index contributed by atoms with van der Waals surface area (Å²) < 4.78 is 7.08. The van der Waals surface area contributed by atoms with Crippen molar-refractivity contribution in [3.8, 4) is 0 Å². The van der Waals surface area contributed by atoms with Crippen LogP contribution in [0.3, 0.4) is 0 Å². The third-order valence-corrected chi connectivity index (χ3v) is 7.07. The first-order valence-corrected chi connectivity index (χ1v) is 10.3. The Hall–Kier alpha value is -2.08. The van der Waals surface area contributed by atoms with Crippen LogP contribution in [-0.4, -0.2) is 37.5 Å². The molecule has 2 N–H and O–H groups in total. The number of benzene rings is 1. The topological polar surface area (TPSA) is 127 Å². The van der Waals surface area contributed by atoms with E-state index >= 15 is 0 Å². The van der Waals surface area contributed by atoms with Crippen LogP contribution >= 0.6 is 21.6 Å². The Kier molecular flexibility index (Phi) is 6.05. The van der Waals surface area contributed by atoms with Crippen LogP contribution in [0.4, 0.5) is 5.69 Å². The standard InChI is InChI=1S/C16H17N3O6S2/c1-9-7-18(16(22)17-15(9)21)14-6-13(11(8-20)25-14)27-26-12-5-3-2-4-10(12)19(23)24/h2-5,7,11,13-14,20H,6,8H2,1H3,(H,17,21,22)/t11-,13+,14-/m1/s1. The second kappa shape index (κ2) is 8.30. The van der Waals surface area contributed by atoms with Gasteiger partial charge in [-0.25, -0.2) is 4.79 Å². The van der Waals surface area contributed by atoms with Gasteiger partial charge in [0.15, 0.2) is 0 Å². The molecule has 0 spiro atoms. The van der Waals surface area contributed by atoms with Gasteiger partial charge in [-0.3, -0.25) is 24.5 Å². The predicted octanol–water partition coefficient (Wildman–Crippen LogP) is 1.84. The number of nitro benzene ring substituents is 1. The van der Waals surface area contributed by atoms with Crippen LogP contribution < -0.4 is 11.2 Å². The van der Waals surface area contributed by atoms with Crippen molar-refractivity contribution in [1.82, 2.24) is 9.55 Å². The number of nitro groups is 1. The fraction of sp³-hybridized carbons (Fsp3) is 0.375. The molecule has 9 nitrogen and oxygen atoms in total. The number of hydrogen-bond acceptors (Lipinski definition) is 8. The Bertz CT molecular complexity index is 960. The molecule has 3 rings (SSSR count). The smallest absolute Gasteiger partial charge is 0.330 e. The van der Waals surface area contributed by atoms with Crippen LogP contribution in [0.5, 0.6) is 0 Å². The van der Waals surface area contributed by atoms with Crippen LogP contribution in [0.15, 0.2) is 44.9 Å². The molecule has 0 aliphatic carbocycles. The van der Waals surface area contributed by atoms with E-state index in [1.807, 2.05) is 0 Å². The fourth-order valence-corrected chi connectivity index (χ4v) is 5.55. The number of ether oxygens (including phenoxy) is 1. The summed E-state index contributed by atoms with van der Waals surface area (Å²) in [6.45, 7) is 1.34. The molecule has 1 aliphatic heterocycles. The molecule has 0 bridgehead atoms. The first-order chi connectivity index (χ1) is 12.9. The molecule has 0 unspecified atom stereocenters. The number of aliphatic hydroxyl groups is 1. The zero-order chi connectivity index (χ0) is 19.6. The van der Waals surface area contributed by atoms with Gasteiger partial charge in [-0.15, -0.1) is 0 Å². The van der Waals surface area contributed by atoms with Gasteiger partial charge >= 0.3 is 5.69 Å². The molecule has 1 aromatic heterocycles. The third kappa shape index (κ3) is 4.26. The van der Waals surface area contributed by atoms with E-state index in [2.05, 4.69) is 4.98 Å². The highest BCUT2D eigenvalue weighted by molar-refractivity contribution is 8.77. The Morgan fingerprint density at radius 3 is 2.85 bits per heavy atom. The van der Waals surface area contributed by atoms with E-state index in [0.29, 0.717) is 16.9 Å². The van der Waals surface area contributed by atoms with Crippen molar-refractivity contribution in [1.29, 1.82) is 0 Å². The number of nitrogens with one attached hydrogen (secondary N) is 1. The molecule has 27 heavy (non-hydrogen) atoms. The van der Waals surface area contributed by atoms with Crippen molar-refractivity contribution in [2.45, 2.75) is 35.8 Å². The van der Waals surface area contributed by atoms with Gasteiger partial charge in [0.1, 0.15) is 6.23 Å². The molecular weight excluding hydrogens is 394 g/mol. The molecule has 11 heteroatoms. The minimum atomic E-state index is -0.631. The maximum atomic E-state index is 12.1. The summed E-state index contributed by atoms with van der Waals surface area (Å²) in [4.78, 5) is 37.0. The van der Waals surface area contributed by atoms with E-state index in [1.54, 1.807) is 25.1 Å². The normalized spacial score (nSPS) is 22.1. The number of aromatic nitrogens is 2. The summed E-state index contributed by atoms with van der Waals surface area (Å²) in [5.41, 5.74) is -0.641. The fourth-order valence-electron chi connectivity index (χ4n) is 2.73. The summed E-state index contributed by atoms with van der Waals surface area (Å²) in [6, 6.07) is 6.41. The van der Waals surface area contributed by atoms with Gasteiger partial charge in [-0.2, -0.15) is 0 Å². The molecule has 1 aliphatic rings. The highest BCUT2D eigenvalue weighted by Gasteiger charge is 2.37. The van der Waals surface area contributed by atoms with E-state index < -0.39 is 28.5 Å². The summed E-state index contributed by atoms with van der Waals surface area (Å²) in [6.07, 6.45) is 0.681. The number of rotatable bonds is 6. The lowest BCUT2D eigenvalue weighted by Crippen LogP contribution is -2.33. The molecule has 1 fully saturated rings. The Labute approximate surface area is 161 Å². The average Bonchev–Trinajstić information content (AvgIpc) is 3.06. The van der Waals surface area contributed by atoms with Crippen LogP contribution in [0, 0.1) is 17.0 Å². The van der Waals surface area contributed by atoms with E-state index in [0.717, 1.165) is 0 Å². The van der Waals surface area contributed by atoms with E-state index in [1.165, 1.54) is 38.4 Å². The van der Waals surface area contributed by atoms with Gasteiger partial charge in [0.2, 0.25) is 0 Å². The van der Waals surface area contributed by atoms with Gasteiger partial charge in [0, 0.05) is 29.5 Å². The van der Waals surface area contributed by atoms with E-state index in [9.17, 15) is 24.8 Å². The molecule has 2 heterocycles. The highest BCUT2D eigenvalue weighted by atomic mass is 33.1. The molecule has 144 valence electrons. The van der Waals surface area contributed by atoms with Crippen molar-refractivity contribution in [3.63, 3.8) is 0 Å². The third-order valence-electron chi connectivity index (χ3n) is 4.14. The van der Waals surface area contributed by atoms with Crippen LogP contribution in [0.1, 0.15) is 18.2 Å². The summed E-state index contributed by atoms with van der Waals surface area (Å²) in [7, 11) is 2.59. The van der Waals surface area contributed by atoms with Crippen LogP contribution in [-0.2, 0) is 4.74 Å². The minimum absolute atomic E-state index is 0.0125. The van der Waals surface area contributed by atoms with Gasteiger partial charge < -0.3 is 9.84 Å². The van der Waals surface area contributed by atoms with Crippen molar-refractivity contribution in [3.05, 3.63) is 67.0 Å². The maximum Gasteiger partial charge on any atom is 0.330 e. The SMILES string of the molecule is Cc1cn([C@H]2C[C@H](SSc3ccccc3[N+](=O)[O-])[C@@H](CO)O2)c(=O)[nH]c1=O. The summed E-state index contributed by atoms with van der Waals surface area (Å²) >= 11 is 0. The lowest BCUT2D eigenvalue weighted by atomic mass is 10.2. The molecule has 0 radical (unpaired) electrons. The van der Waals surface area contributed by atoms with Gasteiger partial charge in [0.05, 0.1) is 22.5 Å². The zero-order valence-corrected chi connectivity index (χ0v) is 15.9. The number of aryl methyl sites for hydroxylation is 1. The molecule has 2 aromatic rings.